The van der Waals surface area contributed by atoms with E-state index in [-0.39, 0.29) is 17.8 Å². The second kappa shape index (κ2) is 6.36. The Morgan fingerprint density at radius 2 is 2.13 bits per heavy atom. The topological polar surface area (TPSA) is 54.3 Å². The van der Waals surface area contributed by atoms with Gasteiger partial charge in [0.05, 0.1) is 12.5 Å². The number of aromatic nitrogens is 3. The van der Waals surface area contributed by atoms with Gasteiger partial charge in [-0.25, -0.2) is 14.4 Å². The van der Waals surface area contributed by atoms with Crippen LogP contribution >= 0.6 is 0 Å². The number of anilines is 1. The Morgan fingerprint density at radius 3 is 2.74 bits per heavy atom. The highest BCUT2D eigenvalue weighted by atomic mass is 19.1. The molecule has 1 fully saturated rings. The summed E-state index contributed by atoms with van der Waals surface area (Å²) in [6, 6.07) is 3.15. The Labute approximate surface area is 134 Å². The van der Waals surface area contributed by atoms with Crippen LogP contribution in [0.15, 0.2) is 30.9 Å². The van der Waals surface area contributed by atoms with E-state index in [1.165, 1.54) is 6.07 Å². The molecule has 0 saturated carbocycles. The number of piperidine rings is 1. The zero-order valence-corrected chi connectivity index (χ0v) is 13.3. The number of carbonyl (C=O) groups excluding carboxylic acids is 1. The minimum absolute atomic E-state index is 0.0348. The summed E-state index contributed by atoms with van der Waals surface area (Å²) < 4.78 is 15.5. The second-order valence-corrected chi connectivity index (χ2v) is 5.83. The molecule has 7 heteroatoms. The van der Waals surface area contributed by atoms with Gasteiger partial charge in [-0.05, 0) is 25.0 Å². The Morgan fingerprint density at radius 1 is 1.39 bits per heavy atom. The zero-order valence-electron chi connectivity index (χ0n) is 13.3. The van der Waals surface area contributed by atoms with E-state index in [4.69, 9.17) is 0 Å². The number of hydrogen-bond donors (Lipinski definition) is 0. The largest absolute Gasteiger partial charge is 0.354 e. The van der Waals surface area contributed by atoms with Gasteiger partial charge in [-0.3, -0.25) is 4.79 Å². The van der Waals surface area contributed by atoms with Gasteiger partial charge in [0.1, 0.15) is 5.69 Å². The smallest absolute Gasteiger partial charge is 0.272 e. The lowest BCUT2D eigenvalue weighted by molar-refractivity contribution is 0.0699. The average Bonchev–Trinajstić information content (AvgIpc) is 3.00. The van der Waals surface area contributed by atoms with E-state index in [0.717, 1.165) is 12.8 Å². The maximum atomic E-state index is 13.8. The van der Waals surface area contributed by atoms with Gasteiger partial charge in [0.15, 0.2) is 11.6 Å². The van der Waals surface area contributed by atoms with Crippen LogP contribution in [0.25, 0.3) is 0 Å². The SMILES string of the molecule is CN(C(=O)c1cncn1C)C1CCN(c2ncccc2F)CC1. The number of aryl methyl sites for hydroxylation is 1. The third kappa shape index (κ3) is 3.04. The molecule has 0 bridgehead atoms. The number of rotatable bonds is 3. The molecule has 122 valence electrons. The molecule has 2 aromatic heterocycles. The van der Waals surface area contributed by atoms with E-state index in [1.807, 2.05) is 11.9 Å². The van der Waals surface area contributed by atoms with E-state index in [0.29, 0.717) is 24.6 Å². The van der Waals surface area contributed by atoms with Crippen molar-refractivity contribution >= 4 is 11.7 Å². The predicted octanol–water partition coefficient (Wildman–Crippen LogP) is 1.70. The Kier molecular flexibility index (Phi) is 4.27. The molecule has 0 aromatic carbocycles. The fourth-order valence-corrected chi connectivity index (χ4v) is 2.98. The zero-order chi connectivity index (χ0) is 16.4. The molecule has 3 heterocycles. The number of hydrogen-bond acceptors (Lipinski definition) is 4. The predicted molar refractivity (Wildman–Crippen MR) is 84.7 cm³/mol. The van der Waals surface area contributed by atoms with Gasteiger partial charge in [0, 0.05) is 39.4 Å². The first kappa shape index (κ1) is 15.5. The monoisotopic (exact) mass is 317 g/mol. The number of nitrogens with zero attached hydrogens (tertiary/aromatic N) is 5. The summed E-state index contributed by atoms with van der Waals surface area (Å²) in [5.74, 6) is 0.0595. The molecule has 6 nitrogen and oxygen atoms in total. The summed E-state index contributed by atoms with van der Waals surface area (Å²) in [6.45, 7) is 1.36. The highest BCUT2D eigenvalue weighted by molar-refractivity contribution is 5.92. The standard InChI is InChI=1S/C16H20FN5O/c1-20-11-18-10-14(20)16(23)21(2)12-5-8-22(9-6-12)15-13(17)4-3-7-19-15/h3-4,7,10-12H,5-6,8-9H2,1-2H3. The average molecular weight is 317 g/mol. The fourth-order valence-electron chi connectivity index (χ4n) is 2.98. The molecule has 2 aromatic rings. The highest BCUT2D eigenvalue weighted by Gasteiger charge is 2.28. The van der Waals surface area contributed by atoms with Crippen LogP contribution in [0, 0.1) is 5.82 Å². The number of imidazole rings is 1. The highest BCUT2D eigenvalue weighted by Crippen LogP contribution is 2.23. The fraction of sp³-hybridized carbons (Fsp3) is 0.438. The maximum Gasteiger partial charge on any atom is 0.272 e. The third-order valence-corrected chi connectivity index (χ3v) is 4.41. The van der Waals surface area contributed by atoms with E-state index >= 15 is 0 Å². The van der Waals surface area contributed by atoms with Crippen molar-refractivity contribution in [1.82, 2.24) is 19.4 Å². The van der Waals surface area contributed by atoms with Crippen molar-refractivity contribution in [3.05, 3.63) is 42.4 Å². The van der Waals surface area contributed by atoms with Crippen molar-refractivity contribution in [3.8, 4) is 0 Å². The summed E-state index contributed by atoms with van der Waals surface area (Å²) in [6.07, 6.45) is 6.37. The van der Waals surface area contributed by atoms with Crippen molar-refractivity contribution in [3.63, 3.8) is 0 Å². The molecular weight excluding hydrogens is 297 g/mol. The van der Waals surface area contributed by atoms with E-state index < -0.39 is 0 Å². The second-order valence-electron chi connectivity index (χ2n) is 5.83. The first-order valence-corrected chi connectivity index (χ1v) is 7.67. The molecule has 0 unspecified atom stereocenters. The number of halogens is 1. The summed E-state index contributed by atoms with van der Waals surface area (Å²) in [5.41, 5.74) is 0.575. The lowest BCUT2D eigenvalue weighted by Gasteiger charge is -2.37. The van der Waals surface area contributed by atoms with Crippen LogP contribution < -0.4 is 4.90 Å². The van der Waals surface area contributed by atoms with Crippen LogP contribution in [0.5, 0.6) is 0 Å². The van der Waals surface area contributed by atoms with E-state index in [9.17, 15) is 9.18 Å². The van der Waals surface area contributed by atoms with Crippen molar-refractivity contribution in [1.29, 1.82) is 0 Å². The molecule has 1 amide bonds. The van der Waals surface area contributed by atoms with Gasteiger partial charge < -0.3 is 14.4 Å². The van der Waals surface area contributed by atoms with Crippen molar-refractivity contribution in [2.45, 2.75) is 18.9 Å². The lowest BCUT2D eigenvalue weighted by Crippen LogP contribution is -2.46. The minimum Gasteiger partial charge on any atom is -0.354 e. The molecule has 0 N–H and O–H groups in total. The first-order valence-electron chi connectivity index (χ1n) is 7.67. The van der Waals surface area contributed by atoms with Crippen LogP contribution in [0.4, 0.5) is 10.2 Å². The Bertz CT molecular complexity index is 693. The van der Waals surface area contributed by atoms with Crippen LogP contribution in [0.2, 0.25) is 0 Å². The number of amides is 1. The van der Waals surface area contributed by atoms with Crippen LogP contribution in [0.1, 0.15) is 23.3 Å². The molecule has 0 spiro atoms. The van der Waals surface area contributed by atoms with Gasteiger partial charge in [0.25, 0.3) is 5.91 Å². The van der Waals surface area contributed by atoms with Gasteiger partial charge >= 0.3 is 0 Å². The summed E-state index contributed by atoms with van der Waals surface area (Å²) in [4.78, 5) is 24.3. The summed E-state index contributed by atoms with van der Waals surface area (Å²) in [5, 5.41) is 0. The number of carbonyl (C=O) groups is 1. The maximum absolute atomic E-state index is 13.8. The molecule has 3 rings (SSSR count). The molecule has 0 aliphatic carbocycles. The molecule has 1 aliphatic heterocycles. The quantitative estimate of drug-likeness (QED) is 0.864. The Balaban J connectivity index is 1.64. The molecule has 1 aliphatic rings. The molecule has 23 heavy (non-hydrogen) atoms. The van der Waals surface area contributed by atoms with Gasteiger partial charge in [-0.1, -0.05) is 0 Å². The lowest BCUT2D eigenvalue weighted by atomic mass is 10.0. The van der Waals surface area contributed by atoms with Crippen molar-refractivity contribution in [2.24, 2.45) is 7.05 Å². The number of pyridine rings is 1. The van der Waals surface area contributed by atoms with E-state index in [2.05, 4.69) is 9.97 Å². The summed E-state index contributed by atoms with van der Waals surface area (Å²) in [7, 11) is 3.62. The van der Waals surface area contributed by atoms with Crippen LogP contribution in [-0.2, 0) is 7.05 Å². The van der Waals surface area contributed by atoms with Gasteiger partial charge in [0.2, 0.25) is 0 Å². The van der Waals surface area contributed by atoms with Gasteiger partial charge in [-0.2, -0.15) is 0 Å². The van der Waals surface area contributed by atoms with E-state index in [1.54, 1.807) is 41.3 Å². The Hall–Kier alpha value is -2.44. The summed E-state index contributed by atoms with van der Waals surface area (Å²) >= 11 is 0. The van der Waals surface area contributed by atoms with Crippen molar-refractivity contribution in [2.75, 3.05) is 25.0 Å². The molecule has 0 atom stereocenters. The first-order chi connectivity index (χ1) is 11.1. The van der Waals surface area contributed by atoms with Crippen LogP contribution in [0.3, 0.4) is 0 Å². The molecule has 1 saturated heterocycles. The molecular formula is C16H20FN5O. The molecule has 0 radical (unpaired) electrons. The third-order valence-electron chi connectivity index (χ3n) is 4.41. The van der Waals surface area contributed by atoms with Crippen molar-refractivity contribution < 1.29 is 9.18 Å². The van der Waals surface area contributed by atoms with Gasteiger partial charge in [-0.15, -0.1) is 0 Å². The normalized spacial score (nSPS) is 15.7. The minimum atomic E-state index is -0.301. The van der Waals surface area contributed by atoms with Crippen LogP contribution in [-0.4, -0.2) is 51.5 Å².